The van der Waals surface area contributed by atoms with Crippen molar-refractivity contribution in [3.63, 3.8) is 0 Å². The molecule has 2 rings (SSSR count). The van der Waals surface area contributed by atoms with Crippen LogP contribution in [0.3, 0.4) is 0 Å². The van der Waals surface area contributed by atoms with Crippen molar-refractivity contribution >= 4 is 28.7 Å². The Hall–Kier alpha value is -1.29. The molecule has 17 heavy (non-hydrogen) atoms. The molecule has 2 heterocycles. The standard InChI is InChI=1S/C12H17ClN4/c1-8(2)4-3-5-17-11-10(16-12(17)14)6-9(13)7-15-11/h6-8H,3-5H2,1-2H3,(H2,14,16). The summed E-state index contributed by atoms with van der Waals surface area (Å²) in [4.78, 5) is 8.55. The Labute approximate surface area is 106 Å². The predicted octanol–water partition coefficient (Wildman–Crippen LogP) is 3.10. The third-order valence-electron chi connectivity index (χ3n) is 2.74. The SMILES string of the molecule is CC(C)CCCn1c(N)nc2cc(Cl)cnc21. The van der Waals surface area contributed by atoms with Gasteiger partial charge in [0.05, 0.1) is 5.02 Å². The average molecular weight is 253 g/mol. The molecule has 0 fully saturated rings. The molecule has 0 aliphatic heterocycles. The van der Waals surface area contributed by atoms with Crippen LogP contribution in [-0.2, 0) is 6.54 Å². The third kappa shape index (κ3) is 2.69. The van der Waals surface area contributed by atoms with E-state index in [-0.39, 0.29) is 0 Å². The van der Waals surface area contributed by atoms with Gasteiger partial charge < -0.3 is 5.73 Å². The maximum absolute atomic E-state index is 5.89. The largest absolute Gasteiger partial charge is 0.369 e. The van der Waals surface area contributed by atoms with E-state index in [2.05, 4.69) is 23.8 Å². The van der Waals surface area contributed by atoms with E-state index in [0.717, 1.165) is 24.1 Å². The van der Waals surface area contributed by atoms with Crippen molar-refractivity contribution in [1.29, 1.82) is 0 Å². The number of hydrogen-bond donors (Lipinski definition) is 1. The van der Waals surface area contributed by atoms with Gasteiger partial charge in [-0.05, 0) is 24.8 Å². The van der Waals surface area contributed by atoms with Crippen molar-refractivity contribution in [2.45, 2.75) is 33.2 Å². The van der Waals surface area contributed by atoms with Gasteiger partial charge in [-0.2, -0.15) is 0 Å². The van der Waals surface area contributed by atoms with E-state index in [9.17, 15) is 0 Å². The van der Waals surface area contributed by atoms with Crippen molar-refractivity contribution in [2.24, 2.45) is 5.92 Å². The molecule has 2 aromatic heterocycles. The second-order valence-corrected chi connectivity index (χ2v) is 5.09. The molecule has 0 saturated carbocycles. The van der Waals surface area contributed by atoms with Crippen LogP contribution in [0.15, 0.2) is 12.3 Å². The molecule has 2 N–H and O–H groups in total. The third-order valence-corrected chi connectivity index (χ3v) is 2.95. The number of rotatable bonds is 4. The Morgan fingerprint density at radius 1 is 1.47 bits per heavy atom. The zero-order valence-electron chi connectivity index (χ0n) is 10.2. The monoisotopic (exact) mass is 252 g/mol. The van der Waals surface area contributed by atoms with E-state index in [1.54, 1.807) is 12.3 Å². The molecule has 0 atom stereocenters. The van der Waals surface area contributed by atoms with Crippen molar-refractivity contribution in [1.82, 2.24) is 14.5 Å². The van der Waals surface area contributed by atoms with E-state index >= 15 is 0 Å². The highest BCUT2D eigenvalue weighted by molar-refractivity contribution is 6.31. The number of pyridine rings is 1. The summed E-state index contributed by atoms with van der Waals surface area (Å²) >= 11 is 5.87. The molecule has 0 radical (unpaired) electrons. The minimum absolute atomic E-state index is 0.513. The fourth-order valence-corrected chi connectivity index (χ4v) is 2.03. The lowest BCUT2D eigenvalue weighted by Crippen LogP contribution is -2.05. The maximum atomic E-state index is 5.89. The molecule has 0 spiro atoms. The zero-order valence-corrected chi connectivity index (χ0v) is 10.9. The minimum atomic E-state index is 0.513. The summed E-state index contributed by atoms with van der Waals surface area (Å²) < 4.78 is 1.95. The van der Waals surface area contributed by atoms with Gasteiger partial charge in [0.25, 0.3) is 0 Å². The lowest BCUT2D eigenvalue weighted by Gasteiger charge is -2.07. The van der Waals surface area contributed by atoms with Crippen molar-refractivity contribution in [3.05, 3.63) is 17.3 Å². The first-order valence-electron chi connectivity index (χ1n) is 5.85. The van der Waals surface area contributed by atoms with Gasteiger partial charge in [0.15, 0.2) is 5.65 Å². The van der Waals surface area contributed by atoms with Crippen LogP contribution in [0.1, 0.15) is 26.7 Å². The quantitative estimate of drug-likeness (QED) is 0.910. The summed E-state index contributed by atoms with van der Waals surface area (Å²) in [6, 6.07) is 1.79. The summed E-state index contributed by atoms with van der Waals surface area (Å²) in [5.41, 5.74) is 7.47. The predicted molar refractivity (Wildman–Crippen MR) is 71.0 cm³/mol. The summed E-state index contributed by atoms with van der Waals surface area (Å²) in [7, 11) is 0. The van der Waals surface area contributed by atoms with Crippen LogP contribution in [-0.4, -0.2) is 14.5 Å². The Morgan fingerprint density at radius 3 is 2.94 bits per heavy atom. The molecular formula is C12H17ClN4. The summed E-state index contributed by atoms with van der Waals surface area (Å²) in [6.45, 7) is 5.29. The van der Waals surface area contributed by atoms with Gasteiger partial charge in [-0.1, -0.05) is 25.4 Å². The zero-order chi connectivity index (χ0) is 12.4. The first-order valence-corrected chi connectivity index (χ1v) is 6.23. The van der Waals surface area contributed by atoms with E-state index in [0.29, 0.717) is 16.9 Å². The number of anilines is 1. The molecule has 0 aromatic carbocycles. The Morgan fingerprint density at radius 2 is 2.24 bits per heavy atom. The molecule has 2 aromatic rings. The van der Waals surface area contributed by atoms with Crippen LogP contribution < -0.4 is 5.73 Å². The van der Waals surface area contributed by atoms with E-state index in [4.69, 9.17) is 17.3 Å². The second kappa shape index (κ2) is 4.92. The summed E-state index contributed by atoms with van der Waals surface area (Å²) in [6.07, 6.45) is 3.88. The van der Waals surface area contributed by atoms with Crippen LogP contribution in [0.5, 0.6) is 0 Å². The fraction of sp³-hybridized carbons (Fsp3) is 0.500. The smallest absolute Gasteiger partial charge is 0.202 e. The fourth-order valence-electron chi connectivity index (χ4n) is 1.88. The highest BCUT2D eigenvalue weighted by Crippen LogP contribution is 2.20. The number of hydrogen-bond acceptors (Lipinski definition) is 3. The van der Waals surface area contributed by atoms with E-state index in [1.807, 2.05) is 4.57 Å². The molecule has 5 heteroatoms. The highest BCUT2D eigenvalue weighted by atomic mass is 35.5. The molecule has 92 valence electrons. The number of nitrogen functional groups attached to an aromatic ring is 1. The van der Waals surface area contributed by atoms with Gasteiger partial charge in [0.1, 0.15) is 5.52 Å². The molecule has 0 saturated heterocycles. The first kappa shape index (κ1) is 12.2. The van der Waals surface area contributed by atoms with Crippen LogP contribution in [0.4, 0.5) is 5.95 Å². The van der Waals surface area contributed by atoms with Crippen molar-refractivity contribution in [2.75, 3.05) is 5.73 Å². The number of aromatic nitrogens is 3. The first-order chi connectivity index (χ1) is 8.08. The van der Waals surface area contributed by atoms with Crippen molar-refractivity contribution in [3.8, 4) is 0 Å². The summed E-state index contributed by atoms with van der Waals surface area (Å²) in [5.74, 6) is 1.21. The molecule has 0 aliphatic rings. The Bertz CT molecular complexity index is 518. The molecule has 0 bridgehead atoms. The number of aryl methyl sites for hydroxylation is 1. The molecule has 4 nitrogen and oxygen atoms in total. The van der Waals surface area contributed by atoms with Gasteiger partial charge in [-0.25, -0.2) is 9.97 Å². The molecular weight excluding hydrogens is 236 g/mol. The Kier molecular flexibility index (Phi) is 3.52. The molecule has 0 amide bonds. The number of fused-ring (bicyclic) bond motifs is 1. The average Bonchev–Trinajstić information content (AvgIpc) is 2.54. The van der Waals surface area contributed by atoms with Crippen LogP contribution in [0.25, 0.3) is 11.2 Å². The highest BCUT2D eigenvalue weighted by Gasteiger charge is 2.09. The minimum Gasteiger partial charge on any atom is -0.369 e. The lowest BCUT2D eigenvalue weighted by atomic mass is 10.1. The van der Waals surface area contributed by atoms with Crippen LogP contribution in [0.2, 0.25) is 5.02 Å². The molecule has 0 aliphatic carbocycles. The maximum Gasteiger partial charge on any atom is 0.202 e. The second-order valence-electron chi connectivity index (χ2n) is 4.65. The van der Waals surface area contributed by atoms with Crippen molar-refractivity contribution < 1.29 is 0 Å². The van der Waals surface area contributed by atoms with Gasteiger partial charge in [-0.15, -0.1) is 0 Å². The number of halogens is 1. The van der Waals surface area contributed by atoms with Crippen LogP contribution >= 0.6 is 11.6 Å². The summed E-state index contributed by atoms with van der Waals surface area (Å²) in [5, 5.41) is 0.587. The van der Waals surface area contributed by atoms with Gasteiger partial charge in [0.2, 0.25) is 5.95 Å². The topological polar surface area (TPSA) is 56.7 Å². The van der Waals surface area contributed by atoms with Crippen LogP contribution in [0, 0.1) is 5.92 Å². The Balaban J connectivity index is 2.24. The van der Waals surface area contributed by atoms with Gasteiger partial charge >= 0.3 is 0 Å². The number of nitrogens with zero attached hydrogens (tertiary/aromatic N) is 3. The normalized spacial score (nSPS) is 11.5. The van der Waals surface area contributed by atoms with Gasteiger partial charge in [0, 0.05) is 12.7 Å². The molecule has 0 unspecified atom stereocenters. The van der Waals surface area contributed by atoms with E-state index < -0.39 is 0 Å². The van der Waals surface area contributed by atoms with Gasteiger partial charge in [-0.3, -0.25) is 4.57 Å². The van der Waals surface area contributed by atoms with E-state index in [1.165, 1.54) is 6.42 Å². The number of imidazole rings is 1. The lowest BCUT2D eigenvalue weighted by molar-refractivity contribution is 0.518. The number of nitrogens with two attached hydrogens (primary N) is 1.